The van der Waals surface area contributed by atoms with Crippen LogP contribution in [-0.2, 0) is 10.0 Å². The van der Waals surface area contributed by atoms with Gasteiger partial charge in [0.15, 0.2) is 0 Å². The first-order valence-electron chi connectivity index (χ1n) is 6.41. The van der Waals surface area contributed by atoms with E-state index in [1.807, 2.05) is 19.1 Å². The summed E-state index contributed by atoms with van der Waals surface area (Å²) in [5, 5.41) is 0. The average molecular weight is 283 g/mol. The van der Waals surface area contributed by atoms with Gasteiger partial charge in [0.2, 0.25) is 10.0 Å². The van der Waals surface area contributed by atoms with E-state index in [1.54, 1.807) is 0 Å². The fourth-order valence-electron chi connectivity index (χ4n) is 2.36. The number of nitrogens with zero attached hydrogens (tertiary/aromatic N) is 1. The molecule has 1 aromatic carbocycles. The number of aryl methyl sites for hydroxylation is 1. The van der Waals surface area contributed by atoms with E-state index < -0.39 is 10.0 Å². The second kappa shape index (κ2) is 5.38. The molecule has 0 radical (unpaired) electrons. The zero-order valence-corrected chi connectivity index (χ0v) is 12.2. The topological polar surface area (TPSA) is 75.4 Å². The maximum atomic E-state index is 11.1. The lowest BCUT2D eigenvalue weighted by atomic mass is 10.1. The van der Waals surface area contributed by atoms with Crippen molar-refractivity contribution >= 4 is 21.4 Å². The fraction of sp³-hybridized carbons (Fsp3) is 0.538. The van der Waals surface area contributed by atoms with Crippen molar-refractivity contribution in [3.63, 3.8) is 0 Å². The van der Waals surface area contributed by atoms with Crippen molar-refractivity contribution in [3.8, 4) is 0 Å². The standard InChI is InChI=1S/C13H21N3O2S/c1-10-7-12(3-4-13(10)14)16-6-5-11(9-16)8-15-19(2,17)18/h3-4,7,11,15H,5-6,8-9,14H2,1-2H3. The molecule has 1 fully saturated rings. The number of nitrogens with one attached hydrogen (secondary N) is 1. The highest BCUT2D eigenvalue weighted by Gasteiger charge is 2.23. The van der Waals surface area contributed by atoms with Crippen molar-refractivity contribution in [1.29, 1.82) is 0 Å². The summed E-state index contributed by atoms with van der Waals surface area (Å²) in [6, 6.07) is 6.03. The van der Waals surface area contributed by atoms with E-state index in [9.17, 15) is 8.42 Å². The molecule has 1 unspecified atom stereocenters. The molecule has 1 heterocycles. The SMILES string of the molecule is Cc1cc(N2CCC(CNS(C)(=O)=O)C2)ccc1N. The van der Waals surface area contributed by atoms with Crippen LogP contribution in [0.15, 0.2) is 18.2 Å². The molecule has 0 amide bonds. The summed E-state index contributed by atoms with van der Waals surface area (Å²) in [6.07, 6.45) is 2.20. The van der Waals surface area contributed by atoms with Crippen LogP contribution in [0.4, 0.5) is 11.4 Å². The van der Waals surface area contributed by atoms with Crippen LogP contribution in [-0.4, -0.2) is 34.3 Å². The molecule has 1 saturated heterocycles. The first kappa shape index (κ1) is 14.1. The first-order valence-corrected chi connectivity index (χ1v) is 8.30. The van der Waals surface area contributed by atoms with Crippen LogP contribution < -0.4 is 15.4 Å². The van der Waals surface area contributed by atoms with E-state index in [1.165, 1.54) is 6.26 Å². The molecule has 1 aliphatic rings. The molecule has 1 atom stereocenters. The molecule has 2 rings (SSSR count). The molecule has 0 aromatic heterocycles. The Kier molecular flexibility index (Phi) is 4.01. The first-order chi connectivity index (χ1) is 8.85. The highest BCUT2D eigenvalue weighted by atomic mass is 32.2. The summed E-state index contributed by atoms with van der Waals surface area (Å²) in [4.78, 5) is 2.28. The minimum Gasteiger partial charge on any atom is -0.399 e. The van der Waals surface area contributed by atoms with E-state index in [4.69, 9.17) is 5.73 Å². The number of hydrogen-bond acceptors (Lipinski definition) is 4. The number of benzene rings is 1. The number of rotatable bonds is 4. The predicted octanol–water partition coefficient (Wildman–Crippen LogP) is 0.953. The Hall–Kier alpha value is -1.27. The summed E-state index contributed by atoms with van der Waals surface area (Å²) in [5.74, 6) is 0.368. The molecule has 5 nitrogen and oxygen atoms in total. The van der Waals surface area contributed by atoms with Crippen LogP contribution in [0.5, 0.6) is 0 Å². The highest BCUT2D eigenvalue weighted by Crippen LogP contribution is 2.26. The van der Waals surface area contributed by atoms with Crippen molar-refractivity contribution in [2.75, 3.05) is 36.5 Å². The molecule has 1 aromatic rings. The van der Waals surface area contributed by atoms with Gasteiger partial charge in [-0.2, -0.15) is 0 Å². The third-order valence-corrected chi connectivity index (χ3v) is 4.23. The van der Waals surface area contributed by atoms with E-state index >= 15 is 0 Å². The van der Waals surface area contributed by atoms with Crippen LogP contribution in [0.25, 0.3) is 0 Å². The lowest BCUT2D eigenvalue weighted by Gasteiger charge is -2.19. The zero-order chi connectivity index (χ0) is 14.0. The van der Waals surface area contributed by atoms with Crippen molar-refractivity contribution in [3.05, 3.63) is 23.8 Å². The third-order valence-electron chi connectivity index (χ3n) is 3.54. The Labute approximate surface area is 114 Å². The monoisotopic (exact) mass is 283 g/mol. The number of sulfonamides is 1. The van der Waals surface area contributed by atoms with Gasteiger partial charge in [0.1, 0.15) is 0 Å². The maximum Gasteiger partial charge on any atom is 0.208 e. The minimum absolute atomic E-state index is 0.368. The minimum atomic E-state index is -3.09. The summed E-state index contributed by atoms with van der Waals surface area (Å²) >= 11 is 0. The van der Waals surface area contributed by atoms with Gasteiger partial charge in [0.25, 0.3) is 0 Å². The number of hydrogen-bond donors (Lipinski definition) is 2. The van der Waals surface area contributed by atoms with Gasteiger partial charge in [-0.1, -0.05) is 0 Å². The molecule has 0 aliphatic carbocycles. The van der Waals surface area contributed by atoms with Crippen molar-refractivity contribution in [2.24, 2.45) is 5.92 Å². The molecular weight excluding hydrogens is 262 g/mol. The molecule has 1 aliphatic heterocycles. The highest BCUT2D eigenvalue weighted by molar-refractivity contribution is 7.88. The van der Waals surface area contributed by atoms with Gasteiger partial charge in [-0.3, -0.25) is 0 Å². The van der Waals surface area contributed by atoms with Gasteiger partial charge < -0.3 is 10.6 Å². The van der Waals surface area contributed by atoms with Gasteiger partial charge in [-0.15, -0.1) is 0 Å². The Bertz CT molecular complexity index is 557. The van der Waals surface area contributed by atoms with Crippen molar-refractivity contribution in [1.82, 2.24) is 4.72 Å². The zero-order valence-electron chi connectivity index (χ0n) is 11.4. The molecule has 6 heteroatoms. The van der Waals surface area contributed by atoms with Gasteiger partial charge in [-0.25, -0.2) is 13.1 Å². The second-order valence-electron chi connectivity index (χ2n) is 5.26. The molecule has 106 valence electrons. The fourth-order valence-corrected chi connectivity index (χ4v) is 2.90. The Morgan fingerprint density at radius 1 is 1.47 bits per heavy atom. The lowest BCUT2D eigenvalue weighted by molar-refractivity contribution is 0.545. The van der Waals surface area contributed by atoms with Crippen LogP contribution in [0.3, 0.4) is 0 Å². The summed E-state index contributed by atoms with van der Waals surface area (Å²) < 4.78 is 24.7. The van der Waals surface area contributed by atoms with Gasteiger partial charge >= 0.3 is 0 Å². The molecule has 0 saturated carbocycles. The number of anilines is 2. The van der Waals surface area contributed by atoms with Crippen molar-refractivity contribution in [2.45, 2.75) is 13.3 Å². The number of nitrogen functional groups attached to an aromatic ring is 1. The second-order valence-corrected chi connectivity index (χ2v) is 7.10. The molecular formula is C13H21N3O2S. The average Bonchev–Trinajstić information content (AvgIpc) is 2.78. The summed E-state index contributed by atoms with van der Waals surface area (Å²) in [5.41, 5.74) is 8.86. The van der Waals surface area contributed by atoms with Crippen LogP contribution in [0.1, 0.15) is 12.0 Å². The predicted molar refractivity (Wildman–Crippen MR) is 78.8 cm³/mol. The lowest BCUT2D eigenvalue weighted by Crippen LogP contribution is -2.30. The Morgan fingerprint density at radius 2 is 2.21 bits per heavy atom. The van der Waals surface area contributed by atoms with E-state index in [0.29, 0.717) is 12.5 Å². The smallest absolute Gasteiger partial charge is 0.208 e. The summed E-state index contributed by atoms with van der Waals surface area (Å²) in [6.45, 7) is 4.35. The Morgan fingerprint density at radius 3 is 2.84 bits per heavy atom. The third kappa shape index (κ3) is 3.84. The van der Waals surface area contributed by atoms with Gasteiger partial charge in [0, 0.05) is 31.0 Å². The van der Waals surface area contributed by atoms with Crippen LogP contribution in [0, 0.1) is 12.8 Å². The van der Waals surface area contributed by atoms with E-state index in [0.717, 1.165) is 36.4 Å². The quantitative estimate of drug-likeness (QED) is 0.807. The van der Waals surface area contributed by atoms with E-state index in [-0.39, 0.29) is 0 Å². The summed E-state index contributed by atoms with van der Waals surface area (Å²) in [7, 11) is -3.09. The molecule has 19 heavy (non-hydrogen) atoms. The largest absolute Gasteiger partial charge is 0.399 e. The van der Waals surface area contributed by atoms with E-state index in [2.05, 4.69) is 15.7 Å². The molecule has 0 spiro atoms. The molecule has 3 N–H and O–H groups in total. The normalized spacial score (nSPS) is 19.9. The Balaban J connectivity index is 1.96. The van der Waals surface area contributed by atoms with Gasteiger partial charge in [0.05, 0.1) is 6.26 Å². The number of nitrogens with two attached hydrogens (primary N) is 1. The van der Waals surface area contributed by atoms with Crippen molar-refractivity contribution < 1.29 is 8.42 Å². The van der Waals surface area contributed by atoms with Crippen LogP contribution in [0.2, 0.25) is 0 Å². The molecule has 0 bridgehead atoms. The van der Waals surface area contributed by atoms with Gasteiger partial charge in [-0.05, 0) is 43.0 Å². The maximum absolute atomic E-state index is 11.1. The van der Waals surface area contributed by atoms with Crippen LogP contribution >= 0.6 is 0 Å².